The van der Waals surface area contributed by atoms with Crippen molar-refractivity contribution in [3.63, 3.8) is 0 Å². The highest BCUT2D eigenvalue weighted by atomic mass is 16.8. The molecule has 96 valence electrons. The molecule has 0 aromatic heterocycles. The normalized spacial score (nSPS) is 12.2. The van der Waals surface area contributed by atoms with Crippen LogP contribution in [0.15, 0.2) is 0 Å². The third-order valence-corrected chi connectivity index (χ3v) is 2.08. The fourth-order valence-electron chi connectivity index (χ4n) is 1.04. The fourth-order valence-corrected chi connectivity index (χ4v) is 1.04. The van der Waals surface area contributed by atoms with Crippen molar-refractivity contribution in [1.29, 1.82) is 0 Å². The second-order valence-electron chi connectivity index (χ2n) is 3.63. The summed E-state index contributed by atoms with van der Waals surface area (Å²) in [5.74, 6) is 0. The van der Waals surface area contributed by atoms with Crippen molar-refractivity contribution in [2.75, 3.05) is 13.2 Å². The molecule has 0 heterocycles. The number of ether oxygens (including phenoxy) is 3. The molecule has 0 saturated carbocycles. The van der Waals surface area contributed by atoms with Crippen molar-refractivity contribution in [3.8, 4) is 0 Å². The lowest BCUT2D eigenvalue weighted by Crippen LogP contribution is -2.22. The highest BCUT2D eigenvalue weighted by molar-refractivity contribution is 5.59. The Bertz CT molecular complexity index is 170. The summed E-state index contributed by atoms with van der Waals surface area (Å²) in [6, 6.07) is 0. The van der Waals surface area contributed by atoms with Gasteiger partial charge in [-0.3, -0.25) is 0 Å². The molecule has 0 aliphatic carbocycles. The molecule has 16 heavy (non-hydrogen) atoms. The Kier molecular flexibility index (Phi) is 10.2. The zero-order chi connectivity index (χ0) is 12.2. The van der Waals surface area contributed by atoms with Gasteiger partial charge in [0.05, 0.1) is 13.2 Å². The third kappa shape index (κ3) is 8.53. The summed E-state index contributed by atoms with van der Waals surface area (Å²) >= 11 is 0. The maximum atomic E-state index is 11.2. The molecule has 0 aliphatic heterocycles. The van der Waals surface area contributed by atoms with E-state index in [4.69, 9.17) is 14.2 Å². The van der Waals surface area contributed by atoms with Crippen LogP contribution in [0.5, 0.6) is 0 Å². The van der Waals surface area contributed by atoms with Gasteiger partial charge in [-0.2, -0.15) is 0 Å². The summed E-state index contributed by atoms with van der Waals surface area (Å²) < 4.78 is 15.3. The average molecular weight is 232 g/mol. The highest BCUT2D eigenvalue weighted by Crippen LogP contribution is 2.04. The lowest BCUT2D eigenvalue weighted by Gasteiger charge is -2.16. The van der Waals surface area contributed by atoms with E-state index in [1.54, 1.807) is 0 Å². The highest BCUT2D eigenvalue weighted by Gasteiger charge is 2.13. The van der Waals surface area contributed by atoms with E-state index in [-0.39, 0.29) is 0 Å². The Balaban J connectivity index is 3.61. The van der Waals surface area contributed by atoms with Gasteiger partial charge in [0.1, 0.15) is 0 Å². The zero-order valence-corrected chi connectivity index (χ0v) is 10.7. The van der Waals surface area contributed by atoms with Crippen molar-refractivity contribution < 1.29 is 19.0 Å². The largest absolute Gasteiger partial charge is 0.510 e. The molecular formula is C12H24O4. The van der Waals surface area contributed by atoms with Gasteiger partial charge >= 0.3 is 6.16 Å². The number of hydrogen-bond acceptors (Lipinski definition) is 4. The molecule has 4 nitrogen and oxygen atoms in total. The number of unbranched alkanes of at least 4 members (excludes halogenated alkanes) is 2. The van der Waals surface area contributed by atoms with E-state index < -0.39 is 12.4 Å². The lowest BCUT2D eigenvalue weighted by molar-refractivity contribution is -0.123. The molecule has 1 atom stereocenters. The molecule has 0 aliphatic rings. The SMILES string of the molecule is CCCCOC(=O)OC(CC)OCCCC. The van der Waals surface area contributed by atoms with Gasteiger partial charge in [-0.1, -0.05) is 33.6 Å². The van der Waals surface area contributed by atoms with Gasteiger partial charge in [0.15, 0.2) is 0 Å². The molecule has 0 N–H and O–H groups in total. The third-order valence-electron chi connectivity index (χ3n) is 2.08. The van der Waals surface area contributed by atoms with Crippen LogP contribution in [0.3, 0.4) is 0 Å². The second kappa shape index (κ2) is 10.7. The van der Waals surface area contributed by atoms with E-state index in [2.05, 4.69) is 6.92 Å². The molecule has 0 spiro atoms. The van der Waals surface area contributed by atoms with E-state index in [9.17, 15) is 4.79 Å². The van der Waals surface area contributed by atoms with Gasteiger partial charge in [0, 0.05) is 6.42 Å². The van der Waals surface area contributed by atoms with Crippen LogP contribution in [-0.4, -0.2) is 25.7 Å². The Hall–Kier alpha value is -0.770. The molecule has 0 fully saturated rings. The topological polar surface area (TPSA) is 44.8 Å². The minimum atomic E-state index is -0.628. The predicted octanol–water partition coefficient (Wildman–Crippen LogP) is 3.49. The van der Waals surface area contributed by atoms with E-state index in [1.165, 1.54) is 0 Å². The van der Waals surface area contributed by atoms with E-state index in [1.807, 2.05) is 13.8 Å². The number of rotatable bonds is 9. The molecule has 0 aromatic rings. The first-order valence-electron chi connectivity index (χ1n) is 6.19. The Morgan fingerprint density at radius 2 is 1.69 bits per heavy atom. The Morgan fingerprint density at radius 3 is 2.25 bits per heavy atom. The van der Waals surface area contributed by atoms with Crippen LogP contribution in [0.4, 0.5) is 4.79 Å². The fraction of sp³-hybridized carbons (Fsp3) is 0.917. The lowest BCUT2D eigenvalue weighted by atomic mass is 10.3. The monoisotopic (exact) mass is 232 g/mol. The minimum Gasteiger partial charge on any atom is -0.434 e. The van der Waals surface area contributed by atoms with Crippen LogP contribution in [-0.2, 0) is 14.2 Å². The van der Waals surface area contributed by atoms with Crippen molar-refractivity contribution >= 4 is 6.16 Å². The van der Waals surface area contributed by atoms with Gasteiger partial charge in [-0.05, 0) is 12.8 Å². The number of carbonyl (C=O) groups excluding carboxylic acids is 1. The van der Waals surface area contributed by atoms with E-state index in [0.29, 0.717) is 19.6 Å². The molecule has 0 saturated heterocycles. The predicted molar refractivity (Wildman–Crippen MR) is 62.3 cm³/mol. The van der Waals surface area contributed by atoms with Crippen LogP contribution in [0.25, 0.3) is 0 Å². The summed E-state index contributed by atoms with van der Waals surface area (Å²) in [4.78, 5) is 11.2. The van der Waals surface area contributed by atoms with Crippen molar-refractivity contribution in [3.05, 3.63) is 0 Å². The van der Waals surface area contributed by atoms with Crippen LogP contribution >= 0.6 is 0 Å². The van der Waals surface area contributed by atoms with Crippen LogP contribution in [0.2, 0.25) is 0 Å². The molecule has 0 rings (SSSR count). The van der Waals surface area contributed by atoms with Gasteiger partial charge < -0.3 is 14.2 Å². The quantitative estimate of drug-likeness (QED) is 0.347. The second-order valence-corrected chi connectivity index (χ2v) is 3.63. The molecule has 0 amide bonds. The summed E-state index contributed by atoms with van der Waals surface area (Å²) in [6.45, 7) is 7.08. The van der Waals surface area contributed by atoms with Crippen LogP contribution < -0.4 is 0 Å². The molecule has 1 unspecified atom stereocenters. The Morgan fingerprint density at radius 1 is 1.06 bits per heavy atom. The molecule has 0 radical (unpaired) electrons. The maximum absolute atomic E-state index is 11.2. The molecule has 0 aromatic carbocycles. The minimum absolute atomic E-state index is 0.417. The number of hydrogen-bond donors (Lipinski definition) is 0. The first-order valence-corrected chi connectivity index (χ1v) is 6.19. The average Bonchev–Trinajstić information content (AvgIpc) is 2.28. The summed E-state index contributed by atoms with van der Waals surface area (Å²) in [6.07, 6.45) is 3.45. The van der Waals surface area contributed by atoms with Gasteiger partial charge in [-0.15, -0.1) is 0 Å². The maximum Gasteiger partial charge on any atom is 0.510 e. The summed E-state index contributed by atoms with van der Waals surface area (Å²) in [7, 11) is 0. The molecule has 0 bridgehead atoms. The van der Waals surface area contributed by atoms with Crippen molar-refractivity contribution in [2.24, 2.45) is 0 Å². The van der Waals surface area contributed by atoms with Crippen LogP contribution in [0.1, 0.15) is 52.9 Å². The first kappa shape index (κ1) is 15.2. The first-order chi connectivity index (χ1) is 7.74. The van der Waals surface area contributed by atoms with Gasteiger partial charge in [0.2, 0.25) is 6.29 Å². The van der Waals surface area contributed by atoms with Gasteiger partial charge in [0.25, 0.3) is 0 Å². The molecule has 4 heteroatoms. The van der Waals surface area contributed by atoms with E-state index >= 15 is 0 Å². The smallest absolute Gasteiger partial charge is 0.434 e. The van der Waals surface area contributed by atoms with Gasteiger partial charge in [-0.25, -0.2) is 4.79 Å². The number of carbonyl (C=O) groups is 1. The van der Waals surface area contributed by atoms with Crippen molar-refractivity contribution in [2.45, 2.75) is 59.2 Å². The standard InChI is InChI=1S/C12H24O4/c1-4-7-9-14-11(6-3)16-12(13)15-10-8-5-2/h11H,4-10H2,1-3H3. The Labute approximate surface area is 98.3 Å². The molecular weight excluding hydrogens is 208 g/mol. The summed E-state index contributed by atoms with van der Waals surface area (Å²) in [5, 5.41) is 0. The van der Waals surface area contributed by atoms with Crippen LogP contribution in [0, 0.1) is 0 Å². The summed E-state index contributed by atoms with van der Waals surface area (Å²) in [5.41, 5.74) is 0. The van der Waals surface area contributed by atoms with E-state index in [0.717, 1.165) is 25.7 Å². The van der Waals surface area contributed by atoms with Crippen molar-refractivity contribution in [1.82, 2.24) is 0 Å². The zero-order valence-electron chi connectivity index (χ0n) is 10.7.